The molecule has 0 saturated heterocycles. The highest BCUT2D eigenvalue weighted by Gasteiger charge is 2.51. The summed E-state index contributed by atoms with van der Waals surface area (Å²) in [6.07, 6.45) is -25.2. The highest BCUT2D eigenvalue weighted by Crippen LogP contribution is 2.51. The maximum Gasteiger partial charge on any atom is 0.417 e. The summed E-state index contributed by atoms with van der Waals surface area (Å²) in [6, 6.07) is -2.12. The minimum atomic E-state index is -6.41. The zero-order valence-electron chi connectivity index (χ0n) is 18.1. The SMILES string of the molecule is O=C(O)c1c(C(F)(F)F)cc(-c2cc(C(F)(F)F)c(C(=O)O)c(C(=O)O)c2C(F)(F)F)c(C(F)(F)F)c1C(=O)O. The number of hydrogen-bond acceptors (Lipinski definition) is 4. The molecule has 0 unspecified atom stereocenters. The summed E-state index contributed by atoms with van der Waals surface area (Å²) >= 11 is 0. The van der Waals surface area contributed by atoms with Gasteiger partial charge in [0, 0.05) is 0 Å². The van der Waals surface area contributed by atoms with Gasteiger partial charge in [-0.3, -0.25) is 0 Å². The van der Waals surface area contributed by atoms with Crippen molar-refractivity contribution in [2.75, 3.05) is 0 Å². The van der Waals surface area contributed by atoms with Gasteiger partial charge in [0.1, 0.15) is 0 Å². The third kappa shape index (κ3) is 5.59. The Bertz CT molecular complexity index is 1340. The second kappa shape index (κ2) is 9.59. The summed E-state index contributed by atoms with van der Waals surface area (Å²) in [5.41, 5.74) is -28.5. The van der Waals surface area contributed by atoms with Crippen molar-refractivity contribution >= 4 is 23.9 Å². The molecule has 218 valence electrons. The number of halogens is 12. The van der Waals surface area contributed by atoms with Crippen LogP contribution in [0.5, 0.6) is 0 Å². The van der Waals surface area contributed by atoms with Gasteiger partial charge in [-0.1, -0.05) is 0 Å². The molecular formula is C20H6F12O8. The lowest BCUT2D eigenvalue weighted by Crippen LogP contribution is -2.26. The Labute approximate surface area is 209 Å². The Kier molecular flexibility index (Phi) is 7.60. The van der Waals surface area contributed by atoms with Crippen LogP contribution < -0.4 is 0 Å². The number of alkyl halides is 12. The molecule has 0 bridgehead atoms. The van der Waals surface area contributed by atoms with Crippen molar-refractivity contribution in [3.63, 3.8) is 0 Å². The Morgan fingerprint density at radius 3 is 0.800 bits per heavy atom. The number of carboxylic acid groups (broad SMARTS) is 4. The van der Waals surface area contributed by atoms with Gasteiger partial charge in [-0.2, -0.15) is 52.7 Å². The van der Waals surface area contributed by atoms with E-state index in [0.29, 0.717) is 0 Å². The lowest BCUT2D eigenvalue weighted by Gasteiger charge is -2.25. The number of carboxylic acids is 4. The number of hydrogen-bond donors (Lipinski definition) is 4. The standard InChI is InChI=1S/C20H6F12O8/c21-17(22,23)5-1-3(11(19(27,28)29)9(15(37)38)7(5)13(33)34)4-2-6(18(24,25)26)8(14(35)36)10(16(39)40)12(4)20(30,31)32/h1-2H,(H,33,34)(H,35,36)(H,37,38)(H,39,40). The summed E-state index contributed by atoms with van der Waals surface area (Å²) in [5, 5.41) is 36.5. The highest BCUT2D eigenvalue weighted by molar-refractivity contribution is 6.08. The first-order chi connectivity index (χ1) is 17.7. The van der Waals surface area contributed by atoms with E-state index in [9.17, 15) is 82.1 Å². The largest absolute Gasteiger partial charge is 0.478 e. The Balaban J connectivity index is 3.62. The van der Waals surface area contributed by atoms with Gasteiger partial charge < -0.3 is 20.4 Å². The van der Waals surface area contributed by atoms with Gasteiger partial charge in [-0.05, 0) is 23.3 Å². The third-order valence-electron chi connectivity index (χ3n) is 4.98. The minimum Gasteiger partial charge on any atom is -0.478 e. The lowest BCUT2D eigenvalue weighted by molar-refractivity contribution is -0.142. The molecule has 2 aromatic carbocycles. The smallest absolute Gasteiger partial charge is 0.417 e. The van der Waals surface area contributed by atoms with Crippen molar-refractivity contribution in [3.8, 4) is 11.1 Å². The summed E-state index contributed by atoms with van der Waals surface area (Å²) in [7, 11) is 0. The normalized spacial score (nSPS) is 12.8. The van der Waals surface area contributed by atoms with Gasteiger partial charge in [-0.25, -0.2) is 19.2 Å². The molecule has 2 aromatic rings. The van der Waals surface area contributed by atoms with Gasteiger partial charge in [0.25, 0.3) is 0 Å². The summed E-state index contributed by atoms with van der Waals surface area (Å²) < 4.78 is 166. The average Bonchev–Trinajstić information content (AvgIpc) is 2.73. The molecule has 0 spiro atoms. The van der Waals surface area contributed by atoms with E-state index in [1.165, 1.54) is 0 Å². The molecule has 0 saturated carbocycles. The average molecular weight is 602 g/mol. The first kappa shape index (κ1) is 31.7. The van der Waals surface area contributed by atoms with Gasteiger partial charge >= 0.3 is 48.6 Å². The second-order valence-corrected chi connectivity index (χ2v) is 7.41. The lowest BCUT2D eigenvalue weighted by atomic mass is 9.82. The predicted octanol–water partition coefficient (Wildman–Crippen LogP) is 6.22. The molecule has 0 aromatic heterocycles. The predicted molar refractivity (Wildman–Crippen MR) is 99.7 cm³/mol. The van der Waals surface area contributed by atoms with Crippen molar-refractivity contribution < 1.29 is 92.3 Å². The molecular weight excluding hydrogens is 596 g/mol. The molecule has 4 N–H and O–H groups in total. The van der Waals surface area contributed by atoms with E-state index in [-0.39, 0.29) is 0 Å². The molecule has 0 aliphatic heterocycles. The van der Waals surface area contributed by atoms with Crippen LogP contribution in [0.2, 0.25) is 0 Å². The van der Waals surface area contributed by atoms with Crippen LogP contribution in [0.25, 0.3) is 11.1 Å². The fraction of sp³-hybridized carbons (Fsp3) is 0.200. The monoisotopic (exact) mass is 602 g/mol. The van der Waals surface area contributed by atoms with Gasteiger partial charge in [0.15, 0.2) is 0 Å². The molecule has 0 atom stereocenters. The van der Waals surface area contributed by atoms with E-state index in [0.717, 1.165) is 0 Å². The molecule has 0 heterocycles. The maximum absolute atomic E-state index is 14.0. The van der Waals surface area contributed by atoms with Gasteiger partial charge in [-0.15, -0.1) is 0 Å². The van der Waals surface area contributed by atoms with E-state index >= 15 is 0 Å². The molecule has 0 aliphatic rings. The summed E-state index contributed by atoms with van der Waals surface area (Å²) in [5.74, 6) is -12.3. The second-order valence-electron chi connectivity index (χ2n) is 7.41. The fourth-order valence-corrected chi connectivity index (χ4v) is 3.70. The van der Waals surface area contributed by atoms with E-state index in [1.807, 2.05) is 0 Å². The van der Waals surface area contributed by atoms with Crippen LogP contribution in [0.15, 0.2) is 12.1 Å². The van der Waals surface area contributed by atoms with Gasteiger partial charge in [0.05, 0.1) is 44.5 Å². The van der Waals surface area contributed by atoms with Crippen molar-refractivity contribution in [1.82, 2.24) is 0 Å². The van der Waals surface area contributed by atoms with Crippen molar-refractivity contribution in [2.45, 2.75) is 24.7 Å². The van der Waals surface area contributed by atoms with Crippen molar-refractivity contribution in [2.24, 2.45) is 0 Å². The van der Waals surface area contributed by atoms with E-state index in [1.54, 1.807) is 0 Å². The third-order valence-corrected chi connectivity index (χ3v) is 4.98. The number of carbonyl (C=O) groups is 4. The first-order valence-corrected chi connectivity index (χ1v) is 9.38. The Morgan fingerprint density at radius 2 is 0.650 bits per heavy atom. The van der Waals surface area contributed by atoms with E-state index in [4.69, 9.17) is 10.2 Å². The van der Waals surface area contributed by atoms with Gasteiger partial charge in [0.2, 0.25) is 0 Å². The van der Waals surface area contributed by atoms with Crippen molar-refractivity contribution in [3.05, 3.63) is 56.6 Å². The summed E-state index contributed by atoms with van der Waals surface area (Å²) in [4.78, 5) is 45.9. The van der Waals surface area contributed by atoms with Crippen LogP contribution in [0.3, 0.4) is 0 Å². The minimum absolute atomic E-state index is 1.06. The maximum atomic E-state index is 14.0. The fourth-order valence-electron chi connectivity index (χ4n) is 3.70. The van der Waals surface area contributed by atoms with E-state index in [2.05, 4.69) is 0 Å². The van der Waals surface area contributed by atoms with Crippen LogP contribution >= 0.6 is 0 Å². The zero-order chi connectivity index (χ0) is 31.5. The number of rotatable bonds is 5. The Morgan fingerprint density at radius 1 is 0.425 bits per heavy atom. The molecule has 0 radical (unpaired) electrons. The van der Waals surface area contributed by atoms with Crippen LogP contribution in [-0.2, 0) is 24.7 Å². The van der Waals surface area contributed by atoms with Crippen molar-refractivity contribution in [1.29, 1.82) is 0 Å². The quantitative estimate of drug-likeness (QED) is 0.295. The topological polar surface area (TPSA) is 149 Å². The van der Waals surface area contributed by atoms with E-state index < -0.39 is 116 Å². The first-order valence-electron chi connectivity index (χ1n) is 9.38. The molecule has 0 aliphatic carbocycles. The molecule has 0 fully saturated rings. The molecule has 8 nitrogen and oxygen atoms in total. The van der Waals surface area contributed by atoms with Crippen LogP contribution in [0.4, 0.5) is 52.7 Å². The molecule has 0 amide bonds. The number of benzene rings is 2. The Hall–Kier alpha value is -4.52. The van der Waals surface area contributed by atoms with Crippen LogP contribution in [0, 0.1) is 0 Å². The molecule has 20 heteroatoms. The molecule has 2 rings (SSSR count). The zero-order valence-corrected chi connectivity index (χ0v) is 18.1. The molecule has 40 heavy (non-hydrogen) atoms. The number of aromatic carboxylic acids is 4. The van der Waals surface area contributed by atoms with Crippen LogP contribution in [-0.4, -0.2) is 44.3 Å². The van der Waals surface area contributed by atoms with Crippen LogP contribution in [0.1, 0.15) is 63.7 Å². The highest BCUT2D eigenvalue weighted by atomic mass is 19.4. The summed E-state index contributed by atoms with van der Waals surface area (Å²) in [6.45, 7) is 0.